The van der Waals surface area contributed by atoms with E-state index < -0.39 is 5.97 Å². The van der Waals surface area contributed by atoms with Crippen molar-refractivity contribution in [3.05, 3.63) is 64.7 Å². The minimum Gasteiger partial charge on any atom is -0.489 e. The largest absolute Gasteiger partial charge is 0.489 e. The lowest BCUT2D eigenvalue weighted by Gasteiger charge is -2.10. The normalized spacial score (nSPS) is 10.2. The SMILES string of the molecule is CCc1ccc(COc2ccc(C(C)=O)c(C(=O)OC)c2)cc1. The molecule has 0 N–H and O–H groups in total. The Morgan fingerprint density at radius 1 is 0.957 bits per heavy atom. The van der Waals surface area contributed by atoms with Gasteiger partial charge < -0.3 is 9.47 Å². The van der Waals surface area contributed by atoms with Gasteiger partial charge in [-0.05, 0) is 42.7 Å². The van der Waals surface area contributed by atoms with E-state index in [1.807, 2.05) is 12.1 Å². The predicted octanol–water partition coefficient (Wildman–Crippen LogP) is 3.82. The van der Waals surface area contributed by atoms with Gasteiger partial charge in [0.05, 0.1) is 12.7 Å². The van der Waals surface area contributed by atoms with Crippen molar-refractivity contribution in [3.8, 4) is 5.75 Å². The molecule has 2 aromatic rings. The van der Waals surface area contributed by atoms with Crippen LogP contribution < -0.4 is 4.74 Å². The first-order valence-corrected chi connectivity index (χ1v) is 7.49. The van der Waals surface area contributed by atoms with Crippen LogP contribution in [-0.4, -0.2) is 18.9 Å². The van der Waals surface area contributed by atoms with E-state index in [0.29, 0.717) is 17.9 Å². The van der Waals surface area contributed by atoms with E-state index in [1.54, 1.807) is 18.2 Å². The smallest absolute Gasteiger partial charge is 0.338 e. The van der Waals surface area contributed by atoms with Crippen LogP contribution in [0.2, 0.25) is 0 Å². The van der Waals surface area contributed by atoms with Gasteiger partial charge in [-0.25, -0.2) is 4.79 Å². The van der Waals surface area contributed by atoms with Crippen molar-refractivity contribution in [2.24, 2.45) is 0 Å². The Hall–Kier alpha value is -2.62. The zero-order valence-electron chi connectivity index (χ0n) is 13.6. The van der Waals surface area contributed by atoms with E-state index >= 15 is 0 Å². The number of esters is 1. The Morgan fingerprint density at radius 3 is 2.17 bits per heavy atom. The molecule has 0 aromatic heterocycles. The molecule has 0 amide bonds. The van der Waals surface area contributed by atoms with Crippen molar-refractivity contribution >= 4 is 11.8 Å². The summed E-state index contributed by atoms with van der Waals surface area (Å²) in [7, 11) is 1.29. The van der Waals surface area contributed by atoms with Gasteiger partial charge in [-0.1, -0.05) is 31.2 Å². The molecule has 0 aliphatic heterocycles. The van der Waals surface area contributed by atoms with Crippen molar-refractivity contribution in [2.45, 2.75) is 26.9 Å². The van der Waals surface area contributed by atoms with E-state index in [2.05, 4.69) is 19.1 Å². The number of ketones is 1. The Balaban J connectivity index is 2.16. The molecule has 0 saturated heterocycles. The molecule has 4 nitrogen and oxygen atoms in total. The second kappa shape index (κ2) is 7.58. The van der Waals surface area contributed by atoms with Crippen LogP contribution in [0, 0.1) is 0 Å². The highest BCUT2D eigenvalue weighted by Gasteiger charge is 2.16. The molecule has 0 unspecified atom stereocenters. The molecule has 0 aliphatic rings. The maximum absolute atomic E-state index is 11.8. The van der Waals surface area contributed by atoms with Gasteiger partial charge in [0.25, 0.3) is 0 Å². The summed E-state index contributed by atoms with van der Waals surface area (Å²) in [5, 5.41) is 0. The fourth-order valence-corrected chi connectivity index (χ4v) is 2.24. The first-order valence-electron chi connectivity index (χ1n) is 7.49. The van der Waals surface area contributed by atoms with Gasteiger partial charge in [-0.3, -0.25) is 4.79 Å². The third-order valence-electron chi connectivity index (χ3n) is 3.61. The molecule has 4 heteroatoms. The van der Waals surface area contributed by atoms with Gasteiger partial charge in [0.1, 0.15) is 12.4 Å². The van der Waals surface area contributed by atoms with E-state index in [9.17, 15) is 9.59 Å². The Morgan fingerprint density at radius 2 is 1.61 bits per heavy atom. The fraction of sp³-hybridized carbons (Fsp3) is 0.263. The van der Waals surface area contributed by atoms with Gasteiger partial charge in [-0.15, -0.1) is 0 Å². The van der Waals surface area contributed by atoms with Crippen molar-refractivity contribution in [2.75, 3.05) is 7.11 Å². The topological polar surface area (TPSA) is 52.6 Å². The summed E-state index contributed by atoms with van der Waals surface area (Å²) in [6.07, 6.45) is 0.996. The van der Waals surface area contributed by atoms with Crippen molar-refractivity contribution in [1.29, 1.82) is 0 Å². The van der Waals surface area contributed by atoms with E-state index in [4.69, 9.17) is 9.47 Å². The van der Waals surface area contributed by atoms with Gasteiger partial charge in [0.15, 0.2) is 5.78 Å². The number of carbonyl (C=O) groups excluding carboxylic acids is 2. The van der Waals surface area contributed by atoms with Crippen LogP contribution >= 0.6 is 0 Å². The molecule has 0 saturated carbocycles. The first kappa shape index (κ1) is 16.7. The predicted molar refractivity (Wildman–Crippen MR) is 87.9 cm³/mol. The van der Waals surface area contributed by atoms with Crippen LogP contribution in [0.3, 0.4) is 0 Å². The number of hydrogen-bond donors (Lipinski definition) is 0. The van der Waals surface area contributed by atoms with Gasteiger partial charge in [-0.2, -0.15) is 0 Å². The minimum atomic E-state index is -0.548. The summed E-state index contributed by atoms with van der Waals surface area (Å²) in [6.45, 7) is 3.91. The van der Waals surface area contributed by atoms with E-state index in [1.165, 1.54) is 19.6 Å². The molecule has 0 spiro atoms. The minimum absolute atomic E-state index is 0.188. The van der Waals surface area contributed by atoms with Crippen LogP contribution in [0.1, 0.15) is 45.7 Å². The number of Topliss-reactive ketones (excluding diaryl/α,β-unsaturated/α-hetero) is 1. The number of ether oxygens (including phenoxy) is 2. The second-order valence-corrected chi connectivity index (χ2v) is 5.21. The third-order valence-corrected chi connectivity index (χ3v) is 3.61. The molecular formula is C19H20O4. The van der Waals surface area contributed by atoms with Crippen molar-refractivity contribution in [3.63, 3.8) is 0 Å². The number of carbonyl (C=O) groups is 2. The highest BCUT2D eigenvalue weighted by molar-refractivity contribution is 6.05. The summed E-state index contributed by atoms with van der Waals surface area (Å²) >= 11 is 0. The molecule has 120 valence electrons. The maximum atomic E-state index is 11.8. The summed E-state index contributed by atoms with van der Waals surface area (Å²) in [5.74, 6) is -0.213. The molecule has 23 heavy (non-hydrogen) atoms. The molecule has 0 aliphatic carbocycles. The van der Waals surface area contributed by atoms with Crippen molar-refractivity contribution in [1.82, 2.24) is 0 Å². The van der Waals surface area contributed by atoms with Crippen LogP contribution in [0.15, 0.2) is 42.5 Å². The highest BCUT2D eigenvalue weighted by atomic mass is 16.5. The van der Waals surface area contributed by atoms with Crippen molar-refractivity contribution < 1.29 is 19.1 Å². The molecule has 2 rings (SSSR count). The first-order chi connectivity index (χ1) is 11.0. The molecular weight excluding hydrogens is 292 g/mol. The highest BCUT2D eigenvalue weighted by Crippen LogP contribution is 2.20. The second-order valence-electron chi connectivity index (χ2n) is 5.21. The monoisotopic (exact) mass is 312 g/mol. The molecule has 0 fully saturated rings. The lowest BCUT2D eigenvalue weighted by molar-refractivity contribution is 0.0596. The lowest BCUT2D eigenvalue weighted by Crippen LogP contribution is -2.09. The third kappa shape index (κ3) is 4.19. The molecule has 0 atom stereocenters. The number of benzene rings is 2. The Bertz CT molecular complexity index is 702. The van der Waals surface area contributed by atoms with Crippen LogP contribution in [0.25, 0.3) is 0 Å². The van der Waals surface area contributed by atoms with Crippen LogP contribution in [0.4, 0.5) is 0 Å². The van der Waals surface area contributed by atoms with Crippen LogP contribution in [0.5, 0.6) is 5.75 Å². The number of aryl methyl sites for hydroxylation is 1. The summed E-state index contributed by atoms with van der Waals surface area (Å²) in [4.78, 5) is 23.4. The van der Waals surface area contributed by atoms with Gasteiger partial charge in [0.2, 0.25) is 0 Å². The maximum Gasteiger partial charge on any atom is 0.338 e. The van der Waals surface area contributed by atoms with E-state index in [-0.39, 0.29) is 11.3 Å². The molecule has 0 bridgehead atoms. The van der Waals surface area contributed by atoms with Gasteiger partial charge in [0, 0.05) is 5.56 Å². The van der Waals surface area contributed by atoms with Gasteiger partial charge >= 0.3 is 5.97 Å². The number of hydrogen-bond acceptors (Lipinski definition) is 4. The molecule has 0 radical (unpaired) electrons. The number of rotatable bonds is 6. The standard InChI is InChI=1S/C19H20O4/c1-4-14-5-7-15(8-6-14)12-23-16-9-10-17(13(2)20)18(11-16)19(21)22-3/h5-11H,4,12H2,1-3H3. The zero-order valence-corrected chi connectivity index (χ0v) is 13.6. The summed E-state index contributed by atoms with van der Waals surface area (Å²) in [6, 6.07) is 13.0. The quantitative estimate of drug-likeness (QED) is 0.601. The van der Waals surface area contributed by atoms with Crippen LogP contribution in [-0.2, 0) is 17.8 Å². The lowest BCUT2D eigenvalue weighted by atomic mass is 10.0. The molecule has 2 aromatic carbocycles. The zero-order chi connectivity index (χ0) is 16.8. The average molecular weight is 312 g/mol. The average Bonchev–Trinajstić information content (AvgIpc) is 2.59. The Labute approximate surface area is 136 Å². The summed E-state index contributed by atoms with van der Waals surface area (Å²) < 4.78 is 10.4. The summed E-state index contributed by atoms with van der Waals surface area (Å²) in [5.41, 5.74) is 2.86. The number of methoxy groups -OCH3 is 1. The fourth-order valence-electron chi connectivity index (χ4n) is 2.24. The Kier molecular flexibility index (Phi) is 5.52. The van der Waals surface area contributed by atoms with E-state index in [0.717, 1.165) is 12.0 Å². The molecule has 0 heterocycles.